The molecule has 0 saturated carbocycles. The lowest BCUT2D eigenvalue weighted by Gasteiger charge is -2.22. The second-order valence-corrected chi connectivity index (χ2v) is 4.93. The third kappa shape index (κ3) is 3.49. The van der Waals surface area contributed by atoms with E-state index in [0.29, 0.717) is 12.5 Å². The van der Waals surface area contributed by atoms with Crippen LogP contribution in [0.3, 0.4) is 0 Å². The number of aryl methyl sites for hydroxylation is 1. The first kappa shape index (κ1) is 12.5. The molecular formula is C13H21N3O. The van der Waals surface area contributed by atoms with Crippen molar-refractivity contribution >= 4 is 0 Å². The third-order valence-corrected chi connectivity index (χ3v) is 3.17. The average molecular weight is 235 g/mol. The number of pyridine rings is 1. The van der Waals surface area contributed by atoms with Gasteiger partial charge in [-0.3, -0.25) is 4.98 Å². The standard InChI is InChI=1S/C13H21N3O/c1-10-4-3-5-12(15-10)7-16(2)6-11-8-17-9-13(11)14/h3-5,11,13H,6-9,14H2,1-2H3. The number of aromatic nitrogens is 1. The normalized spacial score (nSPS) is 24.5. The van der Waals surface area contributed by atoms with E-state index in [1.165, 1.54) is 0 Å². The van der Waals surface area contributed by atoms with Gasteiger partial charge in [-0.1, -0.05) is 6.07 Å². The van der Waals surface area contributed by atoms with Crippen molar-refractivity contribution in [1.82, 2.24) is 9.88 Å². The van der Waals surface area contributed by atoms with Gasteiger partial charge in [0, 0.05) is 30.7 Å². The molecule has 2 unspecified atom stereocenters. The van der Waals surface area contributed by atoms with Gasteiger partial charge in [-0.25, -0.2) is 0 Å². The first-order valence-electron chi connectivity index (χ1n) is 6.09. The lowest BCUT2D eigenvalue weighted by Crippen LogP contribution is -2.36. The van der Waals surface area contributed by atoms with Crippen LogP contribution >= 0.6 is 0 Å². The molecule has 0 spiro atoms. The number of ether oxygens (including phenoxy) is 1. The van der Waals surface area contributed by atoms with Crippen molar-refractivity contribution in [2.75, 3.05) is 26.8 Å². The smallest absolute Gasteiger partial charge is 0.0621 e. The van der Waals surface area contributed by atoms with Crippen molar-refractivity contribution in [3.8, 4) is 0 Å². The topological polar surface area (TPSA) is 51.4 Å². The van der Waals surface area contributed by atoms with Crippen molar-refractivity contribution in [3.63, 3.8) is 0 Å². The first-order chi connectivity index (χ1) is 8.15. The highest BCUT2D eigenvalue weighted by molar-refractivity contribution is 5.09. The van der Waals surface area contributed by atoms with Crippen LogP contribution in [0.4, 0.5) is 0 Å². The Hall–Kier alpha value is -0.970. The molecule has 2 rings (SSSR count). The second-order valence-electron chi connectivity index (χ2n) is 4.93. The Labute approximate surface area is 103 Å². The number of rotatable bonds is 4. The summed E-state index contributed by atoms with van der Waals surface area (Å²) in [5.41, 5.74) is 8.16. The molecule has 1 aromatic heterocycles. The lowest BCUT2D eigenvalue weighted by atomic mass is 10.0. The maximum atomic E-state index is 5.98. The Morgan fingerprint density at radius 2 is 2.29 bits per heavy atom. The van der Waals surface area contributed by atoms with Crippen molar-refractivity contribution in [1.29, 1.82) is 0 Å². The highest BCUT2D eigenvalue weighted by atomic mass is 16.5. The fourth-order valence-corrected chi connectivity index (χ4v) is 2.23. The number of nitrogens with zero attached hydrogens (tertiary/aromatic N) is 2. The minimum absolute atomic E-state index is 0.183. The highest BCUT2D eigenvalue weighted by Crippen LogP contribution is 2.13. The van der Waals surface area contributed by atoms with Crippen molar-refractivity contribution in [3.05, 3.63) is 29.6 Å². The molecule has 2 N–H and O–H groups in total. The number of hydrogen-bond donors (Lipinski definition) is 1. The van der Waals surface area contributed by atoms with E-state index >= 15 is 0 Å². The summed E-state index contributed by atoms with van der Waals surface area (Å²) in [7, 11) is 2.11. The molecule has 4 nitrogen and oxygen atoms in total. The van der Waals surface area contributed by atoms with Gasteiger partial charge in [-0.15, -0.1) is 0 Å². The van der Waals surface area contributed by atoms with Gasteiger partial charge >= 0.3 is 0 Å². The summed E-state index contributed by atoms with van der Waals surface area (Å²) in [5.74, 6) is 0.449. The molecule has 17 heavy (non-hydrogen) atoms. The molecule has 0 amide bonds. The fourth-order valence-electron chi connectivity index (χ4n) is 2.23. The Morgan fingerprint density at radius 1 is 1.47 bits per heavy atom. The molecule has 0 aliphatic carbocycles. The van der Waals surface area contributed by atoms with Gasteiger partial charge in [-0.05, 0) is 26.1 Å². The molecule has 4 heteroatoms. The van der Waals surface area contributed by atoms with Crippen LogP contribution in [-0.2, 0) is 11.3 Å². The first-order valence-corrected chi connectivity index (χ1v) is 6.09. The van der Waals surface area contributed by atoms with E-state index in [1.54, 1.807) is 0 Å². The third-order valence-electron chi connectivity index (χ3n) is 3.17. The zero-order valence-corrected chi connectivity index (χ0v) is 10.6. The molecule has 94 valence electrons. The van der Waals surface area contributed by atoms with Crippen molar-refractivity contribution in [2.45, 2.75) is 19.5 Å². The maximum absolute atomic E-state index is 5.98. The Morgan fingerprint density at radius 3 is 2.94 bits per heavy atom. The molecule has 2 heterocycles. The molecule has 1 aliphatic rings. The van der Waals surface area contributed by atoms with Crippen LogP contribution in [0.2, 0.25) is 0 Å². The summed E-state index contributed by atoms with van der Waals surface area (Å²) in [6.07, 6.45) is 0. The van der Waals surface area contributed by atoms with Gasteiger partial charge in [0.1, 0.15) is 0 Å². The van der Waals surface area contributed by atoms with Crippen LogP contribution in [0, 0.1) is 12.8 Å². The predicted molar refractivity (Wildman–Crippen MR) is 67.6 cm³/mol. The summed E-state index contributed by atoms with van der Waals surface area (Å²) in [6.45, 7) is 5.33. The number of hydrogen-bond acceptors (Lipinski definition) is 4. The van der Waals surface area contributed by atoms with E-state index in [-0.39, 0.29) is 6.04 Å². The van der Waals surface area contributed by atoms with E-state index in [1.807, 2.05) is 13.0 Å². The monoisotopic (exact) mass is 235 g/mol. The summed E-state index contributed by atoms with van der Waals surface area (Å²) in [5, 5.41) is 0. The fraction of sp³-hybridized carbons (Fsp3) is 0.615. The van der Waals surface area contributed by atoms with Crippen LogP contribution < -0.4 is 5.73 Å². The quantitative estimate of drug-likeness (QED) is 0.838. The summed E-state index contributed by atoms with van der Waals surface area (Å²) in [6, 6.07) is 6.32. The summed E-state index contributed by atoms with van der Waals surface area (Å²) in [4.78, 5) is 6.77. The molecule has 2 atom stereocenters. The van der Waals surface area contributed by atoms with E-state index < -0.39 is 0 Å². The molecule has 0 radical (unpaired) electrons. The van der Waals surface area contributed by atoms with Gasteiger partial charge in [0.15, 0.2) is 0 Å². The van der Waals surface area contributed by atoms with Gasteiger partial charge in [0.2, 0.25) is 0 Å². The minimum Gasteiger partial charge on any atom is -0.379 e. The SMILES string of the molecule is Cc1cccc(CN(C)CC2COCC2N)n1. The number of nitrogens with two attached hydrogens (primary N) is 1. The summed E-state index contributed by atoms with van der Waals surface area (Å²) >= 11 is 0. The second kappa shape index (κ2) is 5.58. The maximum Gasteiger partial charge on any atom is 0.0621 e. The van der Waals surface area contributed by atoms with Crippen LogP contribution in [0.5, 0.6) is 0 Å². The molecule has 1 fully saturated rings. The van der Waals surface area contributed by atoms with Crippen molar-refractivity contribution < 1.29 is 4.74 Å². The molecule has 0 bridgehead atoms. The minimum atomic E-state index is 0.183. The molecule has 1 aliphatic heterocycles. The Bertz CT molecular complexity index is 369. The zero-order chi connectivity index (χ0) is 12.3. The molecule has 1 saturated heterocycles. The lowest BCUT2D eigenvalue weighted by molar-refractivity contribution is 0.172. The predicted octanol–water partition coefficient (Wildman–Crippen LogP) is 0.796. The largest absolute Gasteiger partial charge is 0.379 e. The molecular weight excluding hydrogens is 214 g/mol. The van der Waals surface area contributed by atoms with Crippen LogP contribution in [-0.4, -0.2) is 42.7 Å². The van der Waals surface area contributed by atoms with Crippen molar-refractivity contribution in [2.24, 2.45) is 11.7 Å². The highest BCUT2D eigenvalue weighted by Gasteiger charge is 2.25. The van der Waals surface area contributed by atoms with Gasteiger partial charge < -0.3 is 15.4 Å². The average Bonchev–Trinajstić information content (AvgIpc) is 2.64. The molecule has 0 aromatic carbocycles. The van der Waals surface area contributed by atoms with E-state index in [4.69, 9.17) is 10.5 Å². The van der Waals surface area contributed by atoms with Gasteiger partial charge in [-0.2, -0.15) is 0 Å². The summed E-state index contributed by atoms with van der Waals surface area (Å²) < 4.78 is 5.37. The van der Waals surface area contributed by atoms with Gasteiger partial charge in [0.25, 0.3) is 0 Å². The van der Waals surface area contributed by atoms with E-state index in [9.17, 15) is 0 Å². The van der Waals surface area contributed by atoms with Crippen LogP contribution in [0.1, 0.15) is 11.4 Å². The Kier molecular flexibility index (Phi) is 4.10. The van der Waals surface area contributed by atoms with Gasteiger partial charge in [0.05, 0.1) is 18.9 Å². The van der Waals surface area contributed by atoms with E-state index in [0.717, 1.165) is 31.1 Å². The van der Waals surface area contributed by atoms with E-state index in [2.05, 4.69) is 29.1 Å². The zero-order valence-electron chi connectivity index (χ0n) is 10.6. The van der Waals surface area contributed by atoms with Crippen LogP contribution in [0.25, 0.3) is 0 Å². The molecule has 1 aromatic rings. The van der Waals surface area contributed by atoms with Crippen LogP contribution in [0.15, 0.2) is 18.2 Å². The Balaban J connectivity index is 1.86.